The van der Waals surface area contributed by atoms with Crippen molar-refractivity contribution in [3.63, 3.8) is 0 Å². The summed E-state index contributed by atoms with van der Waals surface area (Å²) < 4.78 is 15.0. The van der Waals surface area contributed by atoms with Crippen LogP contribution in [0.2, 0.25) is 0 Å². The predicted molar refractivity (Wildman–Crippen MR) is 74.1 cm³/mol. The molecule has 0 aromatic heterocycles. The Bertz CT molecular complexity index is 481. The minimum atomic E-state index is -0.715. The van der Waals surface area contributed by atoms with Gasteiger partial charge in [-0.3, -0.25) is 9.59 Å². The summed E-state index contributed by atoms with van der Waals surface area (Å²) in [6.07, 6.45) is 0.997. The maximum absolute atomic E-state index is 11.5. The molecular formula is C15H20O5. The monoisotopic (exact) mass is 280 g/mol. The third kappa shape index (κ3) is 3.98. The van der Waals surface area contributed by atoms with Crippen molar-refractivity contribution in [2.75, 3.05) is 21.3 Å². The van der Waals surface area contributed by atoms with Crippen molar-refractivity contribution in [2.45, 2.75) is 19.8 Å². The molecule has 1 rings (SSSR count). The van der Waals surface area contributed by atoms with Crippen LogP contribution in [-0.2, 0) is 20.7 Å². The fourth-order valence-electron chi connectivity index (χ4n) is 1.98. The summed E-state index contributed by atoms with van der Waals surface area (Å²) in [4.78, 5) is 23.0. The van der Waals surface area contributed by atoms with Gasteiger partial charge in [0.2, 0.25) is 0 Å². The second-order valence-electron chi connectivity index (χ2n) is 4.41. The summed E-state index contributed by atoms with van der Waals surface area (Å²) >= 11 is 0. The highest BCUT2D eigenvalue weighted by molar-refractivity contribution is 5.97. The first kappa shape index (κ1) is 16.0. The van der Waals surface area contributed by atoms with Crippen molar-refractivity contribution in [1.82, 2.24) is 0 Å². The van der Waals surface area contributed by atoms with Gasteiger partial charge in [0.25, 0.3) is 0 Å². The number of rotatable bonds is 7. The second kappa shape index (κ2) is 7.53. The number of ketones is 1. The summed E-state index contributed by atoms with van der Waals surface area (Å²) in [6, 6.07) is 5.53. The Morgan fingerprint density at radius 1 is 1.10 bits per heavy atom. The molecule has 110 valence electrons. The molecule has 0 radical (unpaired) electrons. The van der Waals surface area contributed by atoms with E-state index in [1.807, 2.05) is 12.1 Å². The number of Topliss-reactive ketones (excluding diaryl/α,β-unsaturated/α-hetero) is 1. The van der Waals surface area contributed by atoms with Gasteiger partial charge < -0.3 is 14.2 Å². The normalized spacial score (nSPS) is 11.6. The molecule has 1 aromatic carbocycles. The minimum Gasteiger partial charge on any atom is -0.493 e. The zero-order chi connectivity index (χ0) is 15.1. The summed E-state index contributed by atoms with van der Waals surface area (Å²) in [7, 11) is 4.42. The molecule has 0 aliphatic heterocycles. The Morgan fingerprint density at radius 2 is 1.75 bits per heavy atom. The molecule has 0 N–H and O–H groups in total. The topological polar surface area (TPSA) is 61.8 Å². The van der Waals surface area contributed by atoms with E-state index in [1.165, 1.54) is 14.0 Å². The predicted octanol–water partition coefficient (Wildman–Crippen LogP) is 2.01. The SMILES string of the molecule is COC(=O)C(CCc1ccc(OC)c(OC)c1)C(C)=O. The highest BCUT2D eigenvalue weighted by Crippen LogP contribution is 2.28. The zero-order valence-electron chi connectivity index (χ0n) is 12.3. The lowest BCUT2D eigenvalue weighted by Crippen LogP contribution is -2.23. The van der Waals surface area contributed by atoms with E-state index in [2.05, 4.69) is 4.74 Å². The van der Waals surface area contributed by atoms with E-state index in [0.29, 0.717) is 24.3 Å². The van der Waals surface area contributed by atoms with Gasteiger partial charge in [0, 0.05) is 0 Å². The summed E-state index contributed by atoms with van der Waals surface area (Å²) in [5, 5.41) is 0. The first-order chi connectivity index (χ1) is 9.53. The van der Waals surface area contributed by atoms with E-state index in [1.54, 1.807) is 20.3 Å². The Kier molecular flexibility index (Phi) is 6.03. The van der Waals surface area contributed by atoms with Crippen LogP contribution in [-0.4, -0.2) is 33.1 Å². The number of ether oxygens (including phenoxy) is 3. The maximum Gasteiger partial charge on any atom is 0.316 e. The van der Waals surface area contributed by atoms with Crippen LogP contribution < -0.4 is 9.47 Å². The van der Waals surface area contributed by atoms with Crippen molar-refractivity contribution in [1.29, 1.82) is 0 Å². The first-order valence-corrected chi connectivity index (χ1v) is 6.32. The van der Waals surface area contributed by atoms with Crippen LogP contribution in [0.5, 0.6) is 11.5 Å². The number of benzene rings is 1. The standard InChI is InChI=1S/C15H20O5/c1-10(16)12(15(17)20-4)7-5-11-6-8-13(18-2)14(9-11)19-3/h6,8-9,12H,5,7H2,1-4H3. The molecular weight excluding hydrogens is 260 g/mol. The highest BCUT2D eigenvalue weighted by atomic mass is 16.5. The fraction of sp³-hybridized carbons (Fsp3) is 0.467. The van der Waals surface area contributed by atoms with Gasteiger partial charge in [-0.1, -0.05) is 6.07 Å². The van der Waals surface area contributed by atoms with Crippen LogP contribution >= 0.6 is 0 Å². The number of methoxy groups -OCH3 is 3. The Balaban J connectivity index is 2.78. The molecule has 0 aliphatic carbocycles. The molecule has 1 atom stereocenters. The van der Waals surface area contributed by atoms with Crippen molar-refractivity contribution in [3.05, 3.63) is 23.8 Å². The molecule has 20 heavy (non-hydrogen) atoms. The zero-order valence-corrected chi connectivity index (χ0v) is 12.3. The van der Waals surface area contributed by atoms with E-state index in [4.69, 9.17) is 9.47 Å². The molecule has 0 saturated carbocycles. The fourth-order valence-corrected chi connectivity index (χ4v) is 1.98. The molecule has 0 heterocycles. The number of hydrogen-bond donors (Lipinski definition) is 0. The van der Waals surface area contributed by atoms with E-state index in [9.17, 15) is 9.59 Å². The average Bonchev–Trinajstić information content (AvgIpc) is 2.46. The van der Waals surface area contributed by atoms with Crippen LogP contribution in [0.4, 0.5) is 0 Å². The number of carbonyl (C=O) groups excluding carboxylic acids is 2. The van der Waals surface area contributed by atoms with Crippen molar-refractivity contribution in [3.8, 4) is 11.5 Å². The quantitative estimate of drug-likeness (QED) is 0.565. The van der Waals surface area contributed by atoms with E-state index in [-0.39, 0.29) is 5.78 Å². The molecule has 0 fully saturated rings. The molecule has 5 nitrogen and oxygen atoms in total. The third-order valence-corrected chi connectivity index (χ3v) is 3.15. The largest absolute Gasteiger partial charge is 0.493 e. The van der Waals surface area contributed by atoms with Crippen LogP contribution in [0.1, 0.15) is 18.9 Å². The van der Waals surface area contributed by atoms with Gasteiger partial charge in [-0.2, -0.15) is 0 Å². The molecule has 0 spiro atoms. The number of carbonyl (C=O) groups is 2. The maximum atomic E-state index is 11.5. The third-order valence-electron chi connectivity index (χ3n) is 3.15. The summed E-state index contributed by atoms with van der Waals surface area (Å²) in [5.74, 6) is -0.113. The lowest BCUT2D eigenvalue weighted by molar-refractivity contribution is -0.149. The molecule has 1 aromatic rings. The lowest BCUT2D eigenvalue weighted by Gasteiger charge is -2.12. The number of hydrogen-bond acceptors (Lipinski definition) is 5. The van der Waals surface area contributed by atoms with Crippen LogP contribution in [0, 0.1) is 5.92 Å². The van der Waals surface area contributed by atoms with Gasteiger partial charge >= 0.3 is 5.97 Å². The molecule has 0 saturated heterocycles. The van der Waals surface area contributed by atoms with Gasteiger partial charge in [0.05, 0.1) is 21.3 Å². The highest BCUT2D eigenvalue weighted by Gasteiger charge is 2.23. The van der Waals surface area contributed by atoms with Crippen LogP contribution in [0.25, 0.3) is 0 Å². The van der Waals surface area contributed by atoms with Crippen LogP contribution in [0.3, 0.4) is 0 Å². The molecule has 5 heteroatoms. The van der Waals surface area contributed by atoms with Gasteiger partial charge in [-0.25, -0.2) is 0 Å². The number of aryl methyl sites for hydroxylation is 1. The van der Waals surface area contributed by atoms with Gasteiger partial charge in [0.15, 0.2) is 11.5 Å². The number of esters is 1. The van der Waals surface area contributed by atoms with E-state index >= 15 is 0 Å². The lowest BCUT2D eigenvalue weighted by atomic mass is 9.96. The van der Waals surface area contributed by atoms with Crippen molar-refractivity contribution >= 4 is 11.8 Å². The van der Waals surface area contributed by atoms with Crippen LogP contribution in [0.15, 0.2) is 18.2 Å². The minimum absolute atomic E-state index is 0.183. The Labute approximate surface area is 118 Å². The average molecular weight is 280 g/mol. The Hall–Kier alpha value is -2.04. The molecule has 0 aliphatic rings. The van der Waals surface area contributed by atoms with Gasteiger partial charge in [0.1, 0.15) is 11.7 Å². The summed E-state index contributed by atoms with van der Waals surface area (Å²) in [6.45, 7) is 1.40. The molecule has 1 unspecified atom stereocenters. The second-order valence-corrected chi connectivity index (χ2v) is 4.41. The molecule has 0 bridgehead atoms. The van der Waals surface area contributed by atoms with E-state index < -0.39 is 11.9 Å². The van der Waals surface area contributed by atoms with Gasteiger partial charge in [-0.15, -0.1) is 0 Å². The van der Waals surface area contributed by atoms with Gasteiger partial charge in [-0.05, 0) is 37.5 Å². The van der Waals surface area contributed by atoms with E-state index in [0.717, 1.165) is 5.56 Å². The summed E-state index contributed by atoms with van der Waals surface area (Å²) in [5.41, 5.74) is 0.970. The molecule has 0 amide bonds. The first-order valence-electron chi connectivity index (χ1n) is 6.32. The Morgan fingerprint density at radius 3 is 2.25 bits per heavy atom. The van der Waals surface area contributed by atoms with Crippen molar-refractivity contribution in [2.24, 2.45) is 5.92 Å². The van der Waals surface area contributed by atoms with Crippen molar-refractivity contribution < 1.29 is 23.8 Å². The smallest absolute Gasteiger partial charge is 0.316 e.